The molecular formula is C12H16N2O4S. The zero-order chi connectivity index (χ0) is 14.0. The summed E-state index contributed by atoms with van der Waals surface area (Å²) in [5.41, 5.74) is 0.337. The number of carbonyl (C=O) groups is 1. The number of aromatic carboxylic acids is 1. The van der Waals surface area contributed by atoms with Crippen molar-refractivity contribution >= 4 is 21.5 Å². The van der Waals surface area contributed by atoms with Crippen molar-refractivity contribution in [3.8, 4) is 0 Å². The van der Waals surface area contributed by atoms with E-state index in [2.05, 4.69) is 5.32 Å². The average Bonchev–Trinajstić information content (AvgIpc) is 2.37. The van der Waals surface area contributed by atoms with Crippen LogP contribution in [0.2, 0.25) is 0 Å². The maximum Gasteiger partial charge on any atom is 0.337 e. The van der Waals surface area contributed by atoms with Gasteiger partial charge in [0.25, 0.3) is 0 Å². The summed E-state index contributed by atoms with van der Waals surface area (Å²) >= 11 is 0. The van der Waals surface area contributed by atoms with Crippen LogP contribution in [0.4, 0.5) is 5.69 Å². The third-order valence-electron chi connectivity index (χ3n) is 3.06. The summed E-state index contributed by atoms with van der Waals surface area (Å²) < 4.78 is 23.7. The van der Waals surface area contributed by atoms with Gasteiger partial charge in [-0.1, -0.05) is 6.07 Å². The number of nitrogens with one attached hydrogen (secondary N) is 1. The molecule has 1 saturated heterocycles. The Kier molecular flexibility index (Phi) is 3.77. The molecule has 1 heterocycles. The molecule has 7 heteroatoms. The van der Waals surface area contributed by atoms with Gasteiger partial charge in [0.05, 0.1) is 16.1 Å². The third kappa shape index (κ3) is 2.87. The number of sulfone groups is 1. The minimum atomic E-state index is -3.46. The molecule has 1 aromatic carbocycles. The first kappa shape index (κ1) is 13.8. The van der Waals surface area contributed by atoms with E-state index in [1.54, 1.807) is 0 Å². The van der Waals surface area contributed by atoms with Crippen LogP contribution in [0.25, 0.3) is 0 Å². The van der Waals surface area contributed by atoms with Crippen LogP contribution in [0.5, 0.6) is 0 Å². The van der Waals surface area contributed by atoms with E-state index in [0.29, 0.717) is 31.9 Å². The molecule has 1 aliphatic rings. The molecule has 0 radical (unpaired) electrons. The van der Waals surface area contributed by atoms with Crippen LogP contribution in [-0.4, -0.2) is 51.9 Å². The van der Waals surface area contributed by atoms with E-state index < -0.39 is 15.8 Å². The number of benzene rings is 1. The van der Waals surface area contributed by atoms with E-state index in [1.165, 1.54) is 18.2 Å². The second kappa shape index (κ2) is 5.18. The van der Waals surface area contributed by atoms with Crippen molar-refractivity contribution in [2.24, 2.45) is 0 Å². The predicted octanol–water partition coefficient (Wildman–Crippen LogP) is 0.198. The van der Waals surface area contributed by atoms with Crippen LogP contribution in [0.15, 0.2) is 23.1 Å². The molecule has 2 N–H and O–H groups in total. The van der Waals surface area contributed by atoms with E-state index in [-0.39, 0.29) is 10.5 Å². The average molecular weight is 284 g/mol. The Morgan fingerprint density at radius 2 is 1.95 bits per heavy atom. The van der Waals surface area contributed by atoms with Gasteiger partial charge in [-0.2, -0.15) is 0 Å². The number of nitrogens with zero attached hydrogens (tertiary/aromatic N) is 1. The lowest BCUT2D eigenvalue weighted by atomic mass is 10.1. The normalized spacial score (nSPS) is 16.4. The van der Waals surface area contributed by atoms with Crippen LogP contribution >= 0.6 is 0 Å². The third-order valence-corrected chi connectivity index (χ3v) is 4.19. The van der Waals surface area contributed by atoms with Gasteiger partial charge in [-0.3, -0.25) is 0 Å². The Labute approximate surface area is 112 Å². The van der Waals surface area contributed by atoms with Crippen LogP contribution in [-0.2, 0) is 9.84 Å². The minimum absolute atomic E-state index is 0.0322. The first-order valence-corrected chi connectivity index (χ1v) is 7.82. The van der Waals surface area contributed by atoms with E-state index in [4.69, 9.17) is 0 Å². The lowest BCUT2D eigenvalue weighted by Gasteiger charge is -2.31. The summed E-state index contributed by atoms with van der Waals surface area (Å²) in [6, 6.07) is 4.36. The van der Waals surface area contributed by atoms with Gasteiger partial charge in [0.1, 0.15) is 0 Å². The van der Waals surface area contributed by atoms with E-state index >= 15 is 0 Å². The largest absolute Gasteiger partial charge is 0.478 e. The number of rotatable bonds is 3. The van der Waals surface area contributed by atoms with Gasteiger partial charge >= 0.3 is 5.97 Å². The summed E-state index contributed by atoms with van der Waals surface area (Å²) in [5, 5.41) is 12.4. The van der Waals surface area contributed by atoms with Crippen LogP contribution in [0, 0.1) is 0 Å². The van der Waals surface area contributed by atoms with Gasteiger partial charge in [0.2, 0.25) is 0 Å². The molecule has 6 nitrogen and oxygen atoms in total. The topological polar surface area (TPSA) is 86.7 Å². The first-order chi connectivity index (χ1) is 8.91. The quantitative estimate of drug-likeness (QED) is 0.824. The van der Waals surface area contributed by atoms with Crippen molar-refractivity contribution < 1.29 is 18.3 Å². The lowest BCUT2D eigenvalue weighted by molar-refractivity contribution is 0.0697. The second-order valence-corrected chi connectivity index (χ2v) is 6.45. The number of carboxylic acid groups (broad SMARTS) is 1. The molecule has 0 saturated carbocycles. The smallest absolute Gasteiger partial charge is 0.337 e. The number of carboxylic acids is 1. The highest BCUT2D eigenvalue weighted by atomic mass is 32.2. The van der Waals surface area contributed by atoms with Crippen molar-refractivity contribution in [3.05, 3.63) is 23.8 Å². The van der Waals surface area contributed by atoms with Crippen molar-refractivity contribution in [1.82, 2.24) is 5.32 Å². The fourth-order valence-electron chi connectivity index (χ4n) is 2.21. The molecular weight excluding hydrogens is 268 g/mol. The molecule has 19 heavy (non-hydrogen) atoms. The Hall–Kier alpha value is -1.60. The van der Waals surface area contributed by atoms with Crippen LogP contribution in [0.3, 0.4) is 0 Å². The highest BCUT2D eigenvalue weighted by Crippen LogP contribution is 2.29. The Morgan fingerprint density at radius 3 is 2.47 bits per heavy atom. The van der Waals surface area contributed by atoms with Gasteiger partial charge in [-0.15, -0.1) is 0 Å². The molecule has 1 fully saturated rings. The maximum atomic E-state index is 11.8. The summed E-state index contributed by atoms with van der Waals surface area (Å²) in [4.78, 5) is 13.2. The van der Waals surface area contributed by atoms with E-state index in [9.17, 15) is 18.3 Å². The predicted molar refractivity (Wildman–Crippen MR) is 71.6 cm³/mol. The molecule has 0 unspecified atom stereocenters. The summed E-state index contributed by atoms with van der Waals surface area (Å²) in [6.07, 6.45) is 1.10. The fraction of sp³-hybridized carbons (Fsp3) is 0.417. The standard InChI is InChI=1S/C12H16N2O4S/c1-19(17,18)10-4-2-3-9(12(15)16)11(10)14-7-5-13-6-8-14/h2-4,13H,5-8H2,1H3,(H,15,16). The van der Waals surface area contributed by atoms with Gasteiger partial charge < -0.3 is 15.3 Å². The summed E-state index contributed by atoms with van der Waals surface area (Å²) in [6.45, 7) is 2.59. The molecule has 0 bridgehead atoms. The molecule has 1 aromatic rings. The molecule has 0 spiro atoms. The monoisotopic (exact) mass is 284 g/mol. The Balaban J connectivity index is 2.62. The summed E-state index contributed by atoms with van der Waals surface area (Å²) in [7, 11) is -3.46. The Morgan fingerprint density at radius 1 is 1.32 bits per heavy atom. The number of para-hydroxylation sites is 1. The van der Waals surface area contributed by atoms with Crippen molar-refractivity contribution in [1.29, 1.82) is 0 Å². The van der Waals surface area contributed by atoms with Gasteiger partial charge in [0.15, 0.2) is 9.84 Å². The van der Waals surface area contributed by atoms with Crippen molar-refractivity contribution in [2.45, 2.75) is 4.90 Å². The van der Waals surface area contributed by atoms with Crippen molar-refractivity contribution in [3.63, 3.8) is 0 Å². The zero-order valence-corrected chi connectivity index (χ0v) is 11.4. The van der Waals surface area contributed by atoms with Gasteiger partial charge in [-0.05, 0) is 12.1 Å². The lowest BCUT2D eigenvalue weighted by Crippen LogP contribution is -2.44. The maximum absolute atomic E-state index is 11.8. The molecule has 0 aromatic heterocycles. The second-order valence-electron chi connectivity index (χ2n) is 4.47. The molecule has 0 aliphatic carbocycles. The fourth-order valence-corrected chi connectivity index (χ4v) is 3.12. The highest BCUT2D eigenvalue weighted by Gasteiger charge is 2.25. The Bertz CT molecular complexity index is 592. The van der Waals surface area contributed by atoms with Crippen LogP contribution in [0.1, 0.15) is 10.4 Å². The zero-order valence-electron chi connectivity index (χ0n) is 10.6. The molecule has 2 rings (SSSR count). The van der Waals surface area contributed by atoms with Gasteiger partial charge in [0, 0.05) is 32.4 Å². The minimum Gasteiger partial charge on any atom is -0.478 e. The number of piperazine rings is 1. The van der Waals surface area contributed by atoms with Crippen molar-refractivity contribution in [2.75, 3.05) is 37.3 Å². The van der Waals surface area contributed by atoms with E-state index in [1.807, 2.05) is 4.90 Å². The van der Waals surface area contributed by atoms with E-state index in [0.717, 1.165) is 6.26 Å². The number of hydrogen-bond acceptors (Lipinski definition) is 5. The molecule has 0 atom stereocenters. The molecule has 104 valence electrons. The summed E-state index contributed by atoms with van der Waals surface area (Å²) in [5.74, 6) is -1.11. The molecule has 1 aliphatic heterocycles. The first-order valence-electron chi connectivity index (χ1n) is 5.93. The number of hydrogen-bond donors (Lipinski definition) is 2. The number of anilines is 1. The SMILES string of the molecule is CS(=O)(=O)c1cccc(C(=O)O)c1N1CCNCC1. The van der Waals surface area contributed by atoms with Crippen LogP contribution < -0.4 is 10.2 Å². The van der Waals surface area contributed by atoms with Gasteiger partial charge in [-0.25, -0.2) is 13.2 Å². The molecule has 0 amide bonds. The highest BCUT2D eigenvalue weighted by molar-refractivity contribution is 7.90.